The molecule has 0 atom stereocenters. The second kappa shape index (κ2) is 7.10. The van der Waals surface area contributed by atoms with Crippen molar-refractivity contribution in [2.24, 2.45) is 0 Å². The van der Waals surface area contributed by atoms with Gasteiger partial charge in [0.1, 0.15) is 11.1 Å². The van der Waals surface area contributed by atoms with Crippen molar-refractivity contribution in [1.29, 1.82) is 0 Å². The standard InChI is InChI=1S/C18H11ClF3N5O3/c1-2-30-17(29)10-8-23-27-13-5-6-26(16(28)14(13)24-25-15(10)27)9-3-4-11(12(19)7-9)18(20,21)22/h3-8H,2H2,1H3. The number of esters is 1. The average molecular weight is 438 g/mol. The molecule has 4 aromatic rings. The maximum absolute atomic E-state index is 12.9. The number of rotatable bonds is 3. The Morgan fingerprint density at radius 3 is 2.67 bits per heavy atom. The van der Waals surface area contributed by atoms with Crippen molar-refractivity contribution < 1.29 is 22.7 Å². The van der Waals surface area contributed by atoms with Crippen molar-refractivity contribution in [3.8, 4) is 5.69 Å². The SMILES string of the molecule is CCOC(=O)c1cnn2c1nnc1c(=O)n(-c3ccc(C(F)(F)F)c(Cl)c3)ccc12. The minimum atomic E-state index is -4.61. The fourth-order valence-electron chi connectivity index (χ4n) is 2.93. The molecule has 0 unspecified atom stereocenters. The van der Waals surface area contributed by atoms with Crippen molar-refractivity contribution in [3.05, 3.63) is 63.2 Å². The van der Waals surface area contributed by atoms with Gasteiger partial charge in [-0.25, -0.2) is 9.31 Å². The van der Waals surface area contributed by atoms with Crippen molar-refractivity contribution >= 4 is 34.3 Å². The summed E-state index contributed by atoms with van der Waals surface area (Å²) in [5.74, 6) is -0.631. The molecule has 0 saturated carbocycles. The molecule has 0 amide bonds. The van der Waals surface area contributed by atoms with Crippen LogP contribution in [-0.2, 0) is 10.9 Å². The Balaban J connectivity index is 1.86. The van der Waals surface area contributed by atoms with Crippen molar-refractivity contribution in [2.75, 3.05) is 6.61 Å². The van der Waals surface area contributed by atoms with Gasteiger partial charge in [-0.2, -0.15) is 18.3 Å². The van der Waals surface area contributed by atoms with E-state index >= 15 is 0 Å². The van der Waals surface area contributed by atoms with Gasteiger partial charge in [-0.1, -0.05) is 11.6 Å². The predicted octanol–water partition coefficient (Wildman–Crippen LogP) is 3.28. The van der Waals surface area contributed by atoms with E-state index in [1.807, 2.05) is 0 Å². The topological polar surface area (TPSA) is 91.4 Å². The van der Waals surface area contributed by atoms with E-state index < -0.39 is 28.3 Å². The molecule has 0 spiro atoms. The third kappa shape index (κ3) is 3.16. The normalized spacial score (nSPS) is 11.9. The van der Waals surface area contributed by atoms with E-state index in [0.717, 1.165) is 22.8 Å². The number of fused-ring (bicyclic) bond motifs is 3. The summed E-state index contributed by atoms with van der Waals surface area (Å²) in [6.07, 6.45) is -2.02. The third-order valence-corrected chi connectivity index (χ3v) is 4.61. The van der Waals surface area contributed by atoms with Gasteiger partial charge in [0.25, 0.3) is 5.56 Å². The zero-order valence-electron chi connectivity index (χ0n) is 15.1. The molecule has 0 fully saturated rings. The Bertz CT molecular complexity index is 1360. The number of hydrogen-bond acceptors (Lipinski definition) is 6. The first kappa shape index (κ1) is 19.8. The molecule has 3 aromatic heterocycles. The van der Waals surface area contributed by atoms with Crippen LogP contribution in [0.15, 0.2) is 41.5 Å². The van der Waals surface area contributed by atoms with E-state index in [2.05, 4.69) is 15.3 Å². The van der Waals surface area contributed by atoms with Crippen molar-refractivity contribution in [2.45, 2.75) is 13.1 Å². The lowest BCUT2D eigenvalue weighted by Gasteiger charge is -2.12. The molecule has 0 saturated heterocycles. The number of alkyl halides is 3. The quantitative estimate of drug-likeness (QED) is 0.457. The monoisotopic (exact) mass is 437 g/mol. The summed E-state index contributed by atoms with van der Waals surface area (Å²) < 4.78 is 46.0. The highest BCUT2D eigenvalue weighted by Crippen LogP contribution is 2.35. The summed E-state index contributed by atoms with van der Waals surface area (Å²) in [6, 6.07) is 4.44. The van der Waals surface area contributed by atoms with Crippen LogP contribution >= 0.6 is 11.6 Å². The van der Waals surface area contributed by atoms with Crippen molar-refractivity contribution in [3.63, 3.8) is 0 Å². The summed E-state index contributed by atoms with van der Waals surface area (Å²) in [5.41, 5.74) is -1.18. The molecule has 12 heteroatoms. The molecular weight excluding hydrogens is 427 g/mol. The van der Waals surface area contributed by atoms with Gasteiger partial charge in [0.05, 0.1) is 29.1 Å². The largest absolute Gasteiger partial charge is 0.462 e. The lowest BCUT2D eigenvalue weighted by molar-refractivity contribution is -0.137. The molecule has 0 aliphatic heterocycles. The van der Waals surface area contributed by atoms with Gasteiger partial charge in [0, 0.05) is 6.20 Å². The highest BCUT2D eigenvalue weighted by atomic mass is 35.5. The van der Waals surface area contributed by atoms with Crippen LogP contribution in [0.1, 0.15) is 22.8 Å². The molecule has 8 nitrogen and oxygen atoms in total. The van der Waals surface area contributed by atoms with E-state index in [9.17, 15) is 22.8 Å². The first-order chi connectivity index (χ1) is 14.2. The van der Waals surface area contributed by atoms with Crippen LogP contribution in [0.3, 0.4) is 0 Å². The van der Waals surface area contributed by atoms with Gasteiger partial charge in [-0.05, 0) is 31.2 Å². The van der Waals surface area contributed by atoms with Gasteiger partial charge >= 0.3 is 12.1 Å². The first-order valence-corrected chi connectivity index (χ1v) is 8.90. The second-order valence-corrected chi connectivity index (χ2v) is 6.51. The Morgan fingerprint density at radius 2 is 2.00 bits per heavy atom. The van der Waals surface area contributed by atoms with E-state index in [4.69, 9.17) is 16.3 Å². The molecule has 0 aliphatic carbocycles. The molecule has 1 aromatic carbocycles. The van der Waals surface area contributed by atoms with Crippen LogP contribution in [0.4, 0.5) is 13.2 Å². The zero-order valence-corrected chi connectivity index (χ0v) is 15.9. The molecule has 0 aliphatic rings. The Hall–Kier alpha value is -3.47. The highest BCUT2D eigenvalue weighted by molar-refractivity contribution is 6.31. The lowest BCUT2D eigenvalue weighted by Crippen LogP contribution is -2.20. The maximum Gasteiger partial charge on any atom is 0.417 e. The lowest BCUT2D eigenvalue weighted by atomic mass is 10.2. The Morgan fingerprint density at radius 1 is 1.23 bits per heavy atom. The van der Waals surface area contributed by atoms with Crippen LogP contribution in [0.5, 0.6) is 0 Å². The van der Waals surface area contributed by atoms with Crippen molar-refractivity contribution in [1.82, 2.24) is 24.4 Å². The summed E-state index contributed by atoms with van der Waals surface area (Å²) in [7, 11) is 0. The van der Waals surface area contributed by atoms with E-state index in [1.165, 1.54) is 23.0 Å². The summed E-state index contributed by atoms with van der Waals surface area (Å²) >= 11 is 5.75. The number of aromatic nitrogens is 5. The molecule has 3 heterocycles. The van der Waals surface area contributed by atoms with Crippen LogP contribution in [0.25, 0.3) is 22.4 Å². The number of carbonyl (C=O) groups excluding carboxylic acids is 1. The number of pyridine rings is 1. The first-order valence-electron chi connectivity index (χ1n) is 8.52. The van der Waals surface area contributed by atoms with Gasteiger partial charge in [0.2, 0.25) is 0 Å². The molecule has 0 radical (unpaired) electrons. The Kier molecular flexibility index (Phi) is 4.69. The number of halogens is 4. The number of ether oxygens (including phenoxy) is 1. The fraction of sp³-hybridized carbons (Fsp3) is 0.167. The van der Waals surface area contributed by atoms with Gasteiger partial charge in [-0.15, -0.1) is 10.2 Å². The maximum atomic E-state index is 12.9. The van der Waals surface area contributed by atoms with Crippen LogP contribution in [0.2, 0.25) is 5.02 Å². The second-order valence-electron chi connectivity index (χ2n) is 6.10. The molecular formula is C18H11ClF3N5O3. The van der Waals surface area contributed by atoms with Gasteiger partial charge < -0.3 is 4.74 Å². The minimum absolute atomic E-state index is 0.0879. The fourth-order valence-corrected chi connectivity index (χ4v) is 3.21. The number of hydrogen-bond donors (Lipinski definition) is 0. The summed E-state index contributed by atoms with van der Waals surface area (Å²) in [4.78, 5) is 24.9. The van der Waals surface area contributed by atoms with E-state index in [-0.39, 0.29) is 34.5 Å². The minimum Gasteiger partial charge on any atom is -0.462 e. The zero-order chi connectivity index (χ0) is 21.6. The third-order valence-electron chi connectivity index (χ3n) is 4.29. The van der Waals surface area contributed by atoms with Gasteiger partial charge in [0.15, 0.2) is 11.2 Å². The smallest absolute Gasteiger partial charge is 0.417 e. The number of benzene rings is 1. The molecule has 30 heavy (non-hydrogen) atoms. The van der Waals surface area contributed by atoms with Crippen LogP contribution in [-0.4, -0.2) is 37.0 Å². The summed E-state index contributed by atoms with van der Waals surface area (Å²) in [5, 5.41) is 11.3. The molecule has 0 bridgehead atoms. The molecule has 0 N–H and O–H groups in total. The Labute approximate surface area is 170 Å². The van der Waals surface area contributed by atoms with E-state index in [0.29, 0.717) is 0 Å². The van der Waals surface area contributed by atoms with Gasteiger partial charge in [-0.3, -0.25) is 9.36 Å². The predicted molar refractivity (Wildman–Crippen MR) is 99.9 cm³/mol. The van der Waals surface area contributed by atoms with Crippen LogP contribution < -0.4 is 5.56 Å². The number of carbonyl (C=O) groups is 1. The van der Waals surface area contributed by atoms with Crippen LogP contribution in [0, 0.1) is 0 Å². The summed E-state index contributed by atoms with van der Waals surface area (Å²) in [6.45, 7) is 1.82. The highest BCUT2D eigenvalue weighted by Gasteiger charge is 2.33. The number of nitrogens with zero attached hydrogens (tertiary/aromatic N) is 5. The van der Waals surface area contributed by atoms with E-state index in [1.54, 1.807) is 6.92 Å². The molecule has 4 rings (SSSR count). The average Bonchev–Trinajstić information content (AvgIpc) is 3.12. The molecule has 154 valence electrons.